The quantitative estimate of drug-likeness (QED) is 0.626. The summed E-state index contributed by atoms with van der Waals surface area (Å²) in [5, 5.41) is 7.27. The lowest BCUT2D eigenvalue weighted by Crippen LogP contribution is -2.34. The van der Waals surface area contributed by atoms with Gasteiger partial charge in [-0.1, -0.05) is 25.5 Å². The Kier molecular flexibility index (Phi) is 6.55. The van der Waals surface area contributed by atoms with Crippen LogP contribution in [0.1, 0.15) is 29.8 Å². The summed E-state index contributed by atoms with van der Waals surface area (Å²) in [6.45, 7) is 9.78. The number of hydrogen-bond acceptors (Lipinski definition) is 5. The maximum Gasteiger partial charge on any atom is 0.251 e. The average Bonchev–Trinajstić information content (AvgIpc) is 2.72. The lowest BCUT2D eigenvalue weighted by Gasteiger charge is -2.18. The zero-order valence-corrected chi connectivity index (χ0v) is 16.7. The van der Waals surface area contributed by atoms with E-state index in [-0.39, 0.29) is 5.91 Å². The van der Waals surface area contributed by atoms with Crippen LogP contribution in [0.3, 0.4) is 0 Å². The van der Waals surface area contributed by atoms with Crippen LogP contribution in [0.15, 0.2) is 48.8 Å². The Morgan fingerprint density at radius 1 is 1.04 bits per heavy atom. The number of benzene rings is 2. The van der Waals surface area contributed by atoms with Gasteiger partial charge >= 0.3 is 0 Å². The van der Waals surface area contributed by atoms with Gasteiger partial charge in [-0.05, 0) is 56.4 Å². The van der Waals surface area contributed by atoms with Gasteiger partial charge in [-0.15, -0.1) is 0 Å². The summed E-state index contributed by atoms with van der Waals surface area (Å²) in [5.74, 6) is 0.701. The zero-order chi connectivity index (χ0) is 19.9. The molecule has 2 N–H and O–H groups in total. The summed E-state index contributed by atoms with van der Waals surface area (Å²) >= 11 is 0. The molecule has 3 aromatic rings. The molecule has 28 heavy (non-hydrogen) atoms. The van der Waals surface area contributed by atoms with E-state index in [1.807, 2.05) is 43.3 Å². The zero-order valence-electron chi connectivity index (χ0n) is 16.7. The normalized spacial score (nSPS) is 11.0. The van der Waals surface area contributed by atoms with Crippen molar-refractivity contribution in [2.45, 2.75) is 20.8 Å². The van der Waals surface area contributed by atoms with Crippen LogP contribution in [0, 0.1) is 6.92 Å². The summed E-state index contributed by atoms with van der Waals surface area (Å²) in [7, 11) is 0. The molecular weight excluding hydrogens is 350 g/mol. The van der Waals surface area contributed by atoms with Gasteiger partial charge in [-0.25, -0.2) is 9.97 Å². The number of likely N-dealkylation sites (N-methyl/N-ethyl adjacent to an activating group) is 1. The molecule has 6 heteroatoms. The van der Waals surface area contributed by atoms with Crippen LogP contribution in [0.5, 0.6) is 0 Å². The van der Waals surface area contributed by atoms with Gasteiger partial charge in [-0.3, -0.25) is 4.79 Å². The number of nitrogens with one attached hydrogen (secondary N) is 2. The molecule has 0 bridgehead atoms. The predicted octanol–water partition coefficient (Wildman–Crippen LogP) is 3.75. The van der Waals surface area contributed by atoms with Crippen LogP contribution in [0.2, 0.25) is 0 Å². The van der Waals surface area contributed by atoms with Gasteiger partial charge in [0.15, 0.2) is 0 Å². The van der Waals surface area contributed by atoms with E-state index < -0.39 is 0 Å². The number of amides is 1. The number of carbonyl (C=O) groups excluding carboxylic acids is 1. The molecule has 0 fully saturated rings. The van der Waals surface area contributed by atoms with Crippen molar-refractivity contribution in [3.05, 3.63) is 59.9 Å². The van der Waals surface area contributed by atoms with Crippen molar-refractivity contribution in [3.63, 3.8) is 0 Å². The van der Waals surface area contributed by atoms with Gasteiger partial charge < -0.3 is 15.5 Å². The van der Waals surface area contributed by atoms with Crippen molar-refractivity contribution in [1.29, 1.82) is 0 Å². The molecule has 0 radical (unpaired) electrons. The highest BCUT2D eigenvalue weighted by molar-refractivity contribution is 5.95. The van der Waals surface area contributed by atoms with Crippen LogP contribution in [-0.2, 0) is 0 Å². The first-order chi connectivity index (χ1) is 13.6. The standard InChI is InChI=1S/C22H27N5O/c1-4-27(5-2)13-12-23-22(28)17-7-9-18(10-8-17)26-21-19-14-16(3)6-11-20(19)24-15-25-21/h6-11,14-15H,4-5,12-13H2,1-3H3,(H,23,28)(H,24,25,26). The van der Waals surface area contributed by atoms with Gasteiger partial charge in [0.2, 0.25) is 0 Å². The van der Waals surface area contributed by atoms with Gasteiger partial charge in [0.1, 0.15) is 12.1 Å². The molecule has 2 aromatic carbocycles. The molecule has 0 aliphatic rings. The number of aromatic nitrogens is 2. The highest BCUT2D eigenvalue weighted by atomic mass is 16.1. The molecule has 146 valence electrons. The molecule has 0 saturated carbocycles. The highest BCUT2D eigenvalue weighted by Crippen LogP contribution is 2.24. The van der Waals surface area contributed by atoms with Gasteiger partial charge in [0.25, 0.3) is 5.91 Å². The molecule has 0 saturated heterocycles. The first kappa shape index (κ1) is 19.8. The molecule has 0 aliphatic carbocycles. The number of rotatable bonds is 8. The Labute approximate surface area is 166 Å². The largest absolute Gasteiger partial charge is 0.351 e. The molecular formula is C22H27N5O. The fourth-order valence-corrected chi connectivity index (χ4v) is 3.08. The topological polar surface area (TPSA) is 70.2 Å². The van der Waals surface area contributed by atoms with E-state index in [9.17, 15) is 4.79 Å². The van der Waals surface area contributed by atoms with Crippen molar-refractivity contribution in [2.24, 2.45) is 0 Å². The van der Waals surface area contributed by atoms with Gasteiger partial charge in [0, 0.05) is 29.7 Å². The van der Waals surface area contributed by atoms with Gasteiger partial charge in [-0.2, -0.15) is 0 Å². The molecule has 0 atom stereocenters. The maximum atomic E-state index is 12.3. The minimum absolute atomic E-state index is 0.0539. The molecule has 0 aliphatic heterocycles. The maximum absolute atomic E-state index is 12.3. The Balaban J connectivity index is 1.65. The summed E-state index contributed by atoms with van der Waals surface area (Å²) in [5.41, 5.74) is 3.57. The van der Waals surface area contributed by atoms with Crippen molar-refractivity contribution < 1.29 is 4.79 Å². The lowest BCUT2D eigenvalue weighted by atomic mass is 10.1. The van der Waals surface area contributed by atoms with Crippen molar-refractivity contribution in [3.8, 4) is 0 Å². The fraction of sp³-hybridized carbons (Fsp3) is 0.318. The first-order valence-electron chi connectivity index (χ1n) is 9.69. The molecule has 6 nitrogen and oxygen atoms in total. The SMILES string of the molecule is CCN(CC)CCNC(=O)c1ccc(Nc2ncnc3ccc(C)cc23)cc1. The second-order valence-electron chi connectivity index (χ2n) is 6.73. The van der Waals surface area contributed by atoms with E-state index in [4.69, 9.17) is 0 Å². The molecule has 1 aromatic heterocycles. The van der Waals surface area contributed by atoms with Crippen molar-refractivity contribution >= 4 is 28.3 Å². The van der Waals surface area contributed by atoms with E-state index in [0.29, 0.717) is 12.1 Å². The minimum atomic E-state index is -0.0539. The monoisotopic (exact) mass is 377 g/mol. The van der Waals surface area contributed by atoms with Gasteiger partial charge in [0.05, 0.1) is 5.52 Å². The summed E-state index contributed by atoms with van der Waals surface area (Å²) in [6.07, 6.45) is 1.55. The second kappa shape index (κ2) is 9.28. The van der Waals surface area contributed by atoms with Crippen LogP contribution >= 0.6 is 0 Å². The smallest absolute Gasteiger partial charge is 0.251 e. The first-order valence-corrected chi connectivity index (χ1v) is 9.69. The van der Waals surface area contributed by atoms with E-state index >= 15 is 0 Å². The Morgan fingerprint density at radius 2 is 1.79 bits per heavy atom. The molecule has 1 heterocycles. The summed E-state index contributed by atoms with van der Waals surface area (Å²) in [6, 6.07) is 13.5. The number of fused-ring (bicyclic) bond motifs is 1. The number of anilines is 2. The Hall–Kier alpha value is -2.99. The summed E-state index contributed by atoms with van der Waals surface area (Å²) in [4.78, 5) is 23.3. The van der Waals surface area contributed by atoms with E-state index in [0.717, 1.165) is 47.6 Å². The van der Waals surface area contributed by atoms with Crippen LogP contribution in [0.25, 0.3) is 10.9 Å². The van der Waals surface area contributed by atoms with Crippen molar-refractivity contribution in [2.75, 3.05) is 31.5 Å². The van der Waals surface area contributed by atoms with Crippen LogP contribution < -0.4 is 10.6 Å². The number of carbonyl (C=O) groups is 1. The van der Waals surface area contributed by atoms with E-state index in [1.54, 1.807) is 6.33 Å². The fourth-order valence-electron chi connectivity index (χ4n) is 3.08. The number of hydrogen-bond donors (Lipinski definition) is 2. The van der Waals surface area contributed by atoms with E-state index in [1.165, 1.54) is 0 Å². The number of nitrogens with zero attached hydrogens (tertiary/aromatic N) is 3. The van der Waals surface area contributed by atoms with Crippen LogP contribution in [0.4, 0.5) is 11.5 Å². The van der Waals surface area contributed by atoms with Crippen molar-refractivity contribution in [1.82, 2.24) is 20.2 Å². The van der Waals surface area contributed by atoms with E-state index in [2.05, 4.69) is 45.4 Å². The third-order valence-electron chi connectivity index (χ3n) is 4.81. The third-order valence-corrected chi connectivity index (χ3v) is 4.81. The third kappa shape index (κ3) is 4.84. The lowest BCUT2D eigenvalue weighted by molar-refractivity contribution is 0.0949. The highest BCUT2D eigenvalue weighted by Gasteiger charge is 2.08. The Morgan fingerprint density at radius 3 is 2.50 bits per heavy atom. The number of aryl methyl sites for hydroxylation is 1. The molecule has 3 rings (SSSR count). The molecule has 0 spiro atoms. The summed E-state index contributed by atoms with van der Waals surface area (Å²) < 4.78 is 0. The predicted molar refractivity (Wildman–Crippen MR) is 114 cm³/mol. The minimum Gasteiger partial charge on any atom is -0.351 e. The molecule has 1 amide bonds. The Bertz CT molecular complexity index is 935. The molecule has 0 unspecified atom stereocenters. The second-order valence-corrected chi connectivity index (χ2v) is 6.73. The van der Waals surface area contributed by atoms with Crippen LogP contribution in [-0.4, -0.2) is 47.0 Å². The average molecular weight is 377 g/mol.